The lowest BCUT2D eigenvalue weighted by Crippen LogP contribution is -2.33. The first-order chi connectivity index (χ1) is 16.6. The molecule has 0 saturated carbocycles. The minimum Gasteiger partial charge on any atom is -0.373 e. The fourth-order valence-electron chi connectivity index (χ4n) is 4.83. The Balaban J connectivity index is 1.25. The van der Waals surface area contributed by atoms with Gasteiger partial charge in [0.2, 0.25) is 0 Å². The van der Waals surface area contributed by atoms with Crippen molar-refractivity contribution < 1.29 is 4.79 Å². The topological polar surface area (TPSA) is 115 Å². The van der Waals surface area contributed by atoms with Crippen LogP contribution < -0.4 is 20.9 Å². The number of aryl methyl sites for hydroxylation is 1. The molecule has 4 aromatic rings. The molecule has 0 unspecified atom stereocenters. The van der Waals surface area contributed by atoms with E-state index in [1.807, 2.05) is 49.1 Å². The highest BCUT2D eigenvalue weighted by molar-refractivity contribution is 6.02. The molecule has 2 N–H and O–H groups in total. The van der Waals surface area contributed by atoms with Crippen molar-refractivity contribution in [3.63, 3.8) is 0 Å². The highest BCUT2D eigenvalue weighted by Gasteiger charge is 2.27. The van der Waals surface area contributed by atoms with Gasteiger partial charge in [-0.05, 0) is 48.6 Å². The van der Waals surface area contributed by atoms with Gasteiger partial charge in [-0.15, -0.1) is 0 Å². The van der Waals surface area contributed by atoms with Crippen LogP contribution in [0.25, 0.3) is 22.6 Å². The van der Waals surface area contributed by atoms with E-state index in [4.69, 9.17) is 4.98 Å². The third kappa shape index (κ3) is 3.38. The Labute approximate surface area is 196 Å². The fourth-order valence-corrected chi connectivity index (χ4v) is 4.83. The van der Waals surface area contributed by atoms with Gasteiger partial charge >= 0.3 is 6.03 Å². The molecular weight excluding hydrogens is 430 g/mol. The molecule has 5 heterocycles. The minimum absolute atomic E-state index is 0.293. The number of amides is 2. The zero-order chi connectivity index (χ0) is 23.2. The molecule has 0 aliphatic carbocycles. The largest absolute Gasteiger partial charge is 0.373 e. The van der Waals surface area contributed by atoms with Crippen LogP contribution in [0.1, 0.15) is 24.3 Å². The number of rotatable bonds is 4. The van der Waals surface area contributed by atoms with Crippen LogP contribution >= 0.6 is 0 Å². The zero-order valence-electron chi connectivity index (χ0n) is 19.0. The number of pyridine rings is 1. The normalized spacial score (nSPS) is 15.8. The zero-order valence-corrected chi connectivity index (χ0v) is 19.0. The molecule has 171 valence electrons. The van der Waals surface area contributed by atoms with Gasteiger partial charge in [-0.1, -0.05) is 6.07 Å². The van der Waals surface area contributed by atoms with E-state index in [-0.39, 0.29) is 6.03 Å². The molecule has 1 aromatic carbocycles. The van der Waals surface area contributed by atoms with Gasteiger partial charge in [0.1, 0.15) is 18.0 Å². The van der Waals surface area contributed by atoms with E-state index in [0.717, 1.165) is 71.5 Å². The van der Waals surface area contributed by atoms with Gasteiger partial charge < -0.3 is 20.1 Å². The number of aromatic nitrogens is 5. The van der Waals surface area contributed by atoms with Crippen molar-refractivity contribution in [2.24, 2.45) is 7.05 Å². The lowest BCUT2D eigenvalue weighted by atomic mass is 9.89. The van der Waals surface area contributed by atoms with E-state index >= 15 is 0 Å². The first-order valence-electron chi connectivity index (χ1n) is 11.3. The van der Waals surface area contributed by atoms with Crippen LogP contribution in [0.5, 0.6) is 0 Å². The molecule has 1 saturated heterocycles. The van der Waals surface area contributed by atoms with Gasteiger partial charge in [-0.3, -0.25) is 0 Å². The highest BCUT2D eigenvalue weighted by atomic mass is 16.2. The third-order valence-corrected chi connectivity index (χ3v) is 6.67. The molecule has 2 aliphatic rings. The highest BCUT2D eigenvalue weighted by Crippen LogP contribution is 2.36. The first kappa shape index (κ1) is 20.4. The Hall–Kier alpha value is -4.21. The molecule has 10 heteroatoms. The van der Waals surface area contributed by atoms with E-state index in [2.05, 4.69) is 41.9 Å². The Morgan fingerprint density at radius 1 is 1.09 bits per heavy atom. The molecule has 2 aliphatic heterocycles. The second kappa shape index (κ2) is 7.98. The van der Waals surface area contributed by atoms with Crippen LogP contribution in [0.2, 0.25) is 0 Å². The second-order valence-electron chi connectivity index (χ2n) is 8.63. The van der Waals surface area contributed by atoms with Crippen LogP contribution in [0, 0.1) is 0 Å². The van der Waals surface area contributed by atoms with Crippen LogP contribution in [0.15, 0.2) is 42.9 Å². The van der Waals surface area contributed by atoms with E-state index in [1.54, 1.807) is 6.33 Å². The number of carbonyl (C=O) groups is 1. The molecule has 6 rings (SSSR count). The number of nitrogens with zero attached hydrogens (tertiary/aromatic N) is 7. The second-order valence-corrected chi connectivity index (χ2v) is 8.63. The average Bonchev–Trinajstić information content (AvgIpc) is 3.42. The maximum absolute atomic E-state index is 11.5. The van der Waals surface area contributed by atoms with E-state index < -0.39 is 0 Å². The number of carbonyl (C=O) groups excluding carboxylic acids is 1. The lowest BCUT2D eigenvalue weighted by Gasteiger charge is -2.33. The van der Waals surface area contributed by atoms with Crippen LogP contribution in [0.4, 0.5) is 27.8 Å². The molecular formula is C24H24N9O. The van der Waals surface area contributed by atoms with E-state index in [0.29, 0.717) is 5.92 Å². The summed E-state index contributed by atoms with van der Waals surface area (Å²) >= 11 is 0. The number of hydrogen-bond acceptors (Lipinski definition) is 7. The molecule has 0 bridgehead atoms. The summed E-state index contributed by atoms with van der Waals surface area (Å²) < 4.78 is 1.99. The standard InChI is InChI=1S/C24H24N9O/c1-25-19-6-4-16(12-26-19)21-31-20-22(32(21)2)27-13-28-23(20)33-9-7-14(8-10-33)15-3-5-17-18(11-15)30-24(34)29-17/h3-6,11-14H,7-10H2,1-2H3,(H,25,26)(H,29,34). The van der Waals surface area contributed by atoms with Gasteiger partial charge in [0.05, 0.1) is 11.4 Å². The number of nitrogens with one attached hydrogen (secondary N) is 2. The number of piperidine rings is 1. The van der Waals surface area contributed by atoms with E-state index in [1.165, 1.54) is 5.56 Å². The Kier molecular flexibility index (Phi) is 4.79. The fraction of sp³-hybridized carbons (Fsp3) is 0.292. The predicted octanol–water partition coefficient (Wildman–Crippen LogP) is 3.63. The lowest BCUT2D eigenvalue weighted by molar-refractivity contribution is 0.256. The average molecular weight is 455 g/mol. The number of urea groups is 1. The maximum Gasteiger partial charge on any atom is 0.346 e. The minimum atomic E-state index is -0.293. The summed E-state index contributed by atoms with van der Waals surface area (Å²) in [4.78, 5) is 32.3. The summed E-state index contributed by atoms with van der Waals surface area (Å²) in [7, 11) is 3.82. The summed E-state index contributed by atoms with van der Waals surface area (Å²) in [6, 6.07) is 9.73. The number of benzene rings is 1. The van der Waals surface area contributed by atoms with Gasteiger partial charge in [-0.25, -0.2) is 24.7 Å². The molecule has 0 spiro atoms. The van der Waals surface area contributed by atoms with Crippen molar-refractivity contribution in [3.8, 4) is 11.4 Å². The molecule has 1 radical (unpaired) electrons. The number of fused-ring (bicyclic) bond motifs is 2. The van der Waals surface area contributed by atoms with Crippen molar-refractivity contribution >= 4 is 40.2 Å². The quantitative estimate of drug-likeness (QED) is 0.484. The summed E-state index contributed by atoms with van der Waals surface area (Å²) in [5.74, 6) is 2.90. The number of anilines is 3. The third-order valence-electron chi connectivity index (χ3n) is 6.67. The number of hydrogen-bond donors (Lipinski definition) is 2. The monoisotopic (exact) mass is 454 g/mol. The molecule has 10 nitrogen and oxygen atoms in total. The molecule has 3 aromatic heterocycles. The molecule has 1 fully saturated rings. The molecule has 2 amide bonds. The van der Waals surface area contributed by atoms with Crippen molar-refractivity contribution in [1.29, 1.82) is 0 Å². The predicted molar refractivity (Wildman–Crippen MR) is 131 cm³/mol. The van der Waals surface area contributed by atoms with Crippen LogP contribution in [0.3, 0.4) is 0 Å². The van der Waals surface area contributed by atoms with Crippen LogP contribution in [-0.4, -0.2) is 50.7 Å². The summed E-state index contributed by atoms with van der Waals surface area (Å²) in [5, 5.41) is 9.84. The van der Waals surface area contributed by atoms with Crippen molar-refractivity contribution in [2.45, 2.75) is 18.8 Å². The van der Waals surface area contributed by atoms with Crippen molar-refractivity contribution in [1.82, 2.24) is 29.8 Å². The summed E-state index contributed by atoms with van der Waals surface area (Å²) in [6.45, 7) is 1.74. The maximum atomic E-state index is 11.5. The SMILES string of the molecule is CNc1ccc(-c2nc3c(N4CCC(c5ccc6c(c5)[N]C(=O)N6)CC4)ncnc3n2C)cn1. The van der Waals surface area contributed by atoms with Gasteiger partial charge in [0.25, 0.3) is 0 Å². The van der Waals surface area contributed by atoms with Gasteiger partial charge in [-0.2, -0.15) is 5.32 Å². The van der Waals surface area contributed by atoms with E-state index in [9.17, 15) is 4.79 Å². The first-order valence-corrected chi connectivity index (χ1v) is 11.3. The summed E-state index contributed by atoms with van der Waals surface area (Å²) in [6.07, 6.45) is 5.41. The van der Waals surface area contributed by atoms with Gasteiger partial charge in [0.15, 0.2) is 17.0 Å². The molecule has 34 heavy (non-hydrogen) atoms. The van der Waals surface area contributed by atoms with Crippen molar-refractivity contribution in [3.05, 3.63) is 48.4 Å². The molecule has 0 atom stereocenters. The Bertz CT molecular complexity index is 1390. The smallest absolute Gasteiger partial charge is 0.346 e. The Morgan fingerprint density at radius 2 is 1.94 bits per heavy atom. The van der Waals surface area contributed by atoms with Gasteiger partial charge in [0, 0.05) is 38.9 Å². The number of imidazole rings is 1. The summed E-state index contributed by atoms with van der Waals surface area (Å²) in [5.41, 5.74) is 5.29. The Morgan fingerprint density at radius 3 is 2.71 bits per heavy atom. The van der Waals surface area contributed by atoms with Crippen LogP contribution in [-0.2, 0) is 7.05 Å². The van der Waals surface area contributed by atoms with Crippen molar-refractivity contribution in [2.75, 3.05) is 35.7 Å².